The van der Waals surface area contributed by atoms with Gasteiger partial charge in [0.05, 0.1) is 46.1 Å². The summed E-state index contributed by atoms with van der Waals surface area (Å²) in [6.07, 6.45) is 0.673. The van der Waals surface area contributed by atoms with Crippen LogP contribution in [0.4, 0.5) is 11.4 Å². The molecule has 3 amide bonds. The quantitative estimate of drug-likeness (QED) is 0.331. The van der Waals surface area contributed by atoms with Crippen molar-refractivity contribution in [2.24, 2.45) is 23.7 Å². The second-order valence-corrected chi connectivity index (χ2v) is 10.1. The maximum Gasteiger partial charge on any atom is 0.338 e. The van der Waals surface area contributed by atoms with Crippen LogP contribution in [0.5, 0.6) is 5.75 Å². The Morgan fingerprint density at radius 3 is 2.33 bits per heavy atom. The minimum atomic E-state index is -0.758. The number of nitrogens with one attached hydrogen (secondary N) is 1. The van der Waals surface area contributed by atoms with Gasteiger partial charge in [-0.05, 0) is 55.5 Å². The van der Waals surface area contributed by atoms with Crippen molar-refractivity contribution in [2.75, 3.05) is 23.4 Å². The lowest BCUT2D eigenvalue weighted by Gasteiger charge is -2.28. The maximum absolute atomic E-state index is 13.2. The van der Waals surface area contributed by atoms with Crippen molar-refractivity contribution >= 4 is 58.3 Å². The van der Waals surface area contributed by atoms with Crippen LogP contribution in [0.1, 0.15) is 23.7 Å². The van der Waals surface area contributed by atoms with Gasteiger partial charge in [-0.15, -0.1) is 23.2 Å². The van der Waals surface area contributed by atoms with Gasteiger partial charge in [0.15, 0.2) is 6.61 Å². The van der Waals surface area contributed by atoms with Crippen LogP contribution in [0.2, 0.25) is 0 Å². The molecule has 2 aromatic rings. The molecular weight excluding hydrogens is 507 g/mol. The molecule has 2 saturated carbocycles. The summed E-state index contributed by atoms with van der Waals surface area (Å²) in [6, 6.07) is 13.0. The van der Waals surface area contributed by atoms with Gasteiger partial charge in [0.25, 0.3) is 5.91 Å². The van der Waals surface area contributed by atoms with Crippen LogP contribution in [0.15, 0.2) is 48.5 Å². The molecule has 2 aromatic carbocycles. The number of nitrogens with zero attached hydrogens (tertiary/aromatic N) is 1. The number of carbonyl (C=O) groups excluding carboxylic acids is 4. The third-order valence-electron chi connectivity index (χ3n) is 7.12. The van der Waals surface area contributed by atoms with E-state index >= 15 is 0 Å². The highest BCUT2D eigenvalue weighted by Crippen LogP contribution is 2.59. The Kier molecular flexibility index (Phi) is 6.66. The van der Waals surface area contributed by atoms with Crippen molar-refractivity contribution in [1.29, 1.82) is 0 Å². The Hall–Kier alpha value is -3.10. The monoisotopic (exact) mass is 530 g/mol. The zero-order chi connectivity index (χ0) is 25.6. The Bertz CT molecular complexity index is 1200. The SMILES string of the molecule is CCOc1ccccc1NC(=O)COC(=O)c1cccc(N2C(=O)[C@@H]3[C@H]4C[C@@H]([C@@H](Cl)[C@H]4Cl)[C@H]3C2=O)c1. The fraction of sp³-hybridized carbons (Fsp3) is 0.385. The van der Waals surface area contributed by atoms with Crippen LogP contribution >= 0.6 is 23.2 Å². The van der Waals surface area contributed by atoms with E-state index in [1.807, 2.05) is 6.92 Å². The van der Waals surface area contributed by atoms with E-state index in [9.17, 15) is 19.2 Å². The summed E-state index contributed by atoms with van der Waals surface area (Å²) >= 11 is 12.8. The first kappa shape index (κ1) is 24.6. The van der Waals surface area contributed by atoms with Crippen LogP contribution in [-0.4, -0.2) is 47.7 Å². The molecule has 3 aliphatic rings. The summed E-state index contributed by atoms with van der Waals surface area (Å²) in [5.41, 5.74) is 0.855. The predicted octanol–water partition coefficient (Wildman–Crippen LogP) is 3.85. The van der Waals surface area contributed by atoms with Gasteiger partial charge in [0.2, 0.25) is 11.8 Å². The number of esters is 1. The molecule has 0 unspecified atom stereocenters. The van der Waals surface area contributed by atoms with Gasteiger partial charge in [0, 0.05) is 0 Å². The van der Waals surface area contributed by atoms with Crippen molar-refractivity contribution in [2.45, 2.75) is 24.1 Å². The van der Waals surface area contributed by atoms with E-state index in [2.05, 4.69) is 5.32 Å². The number of alkyl halides is 2. The second-order valence-electron chi connectivity index (χ2n) is 9.12. The number of carbonyl (C=O) groups is 4. The van der Waals surface area contributed by atoms with Gasteiger partial charge in [-0.3, -0.25) is 19.3 Å². The number of para-hydroxylation sites is 2. The van der Waals surface area contributed by atoms with Gasteiger partial charge >= 0.3 is 5.97 Å². The minimum Gasteiger partial charge on any atom is -0.492 e. The van der Waals surface area contributed by atoms with Crippen molar-refractivity contribution < 1.29 is 28.7 Å². The maximum atomic E-state index is 13.2. The Labute approximate surface area is 217 Å². The summed E-state index contributed by atoms with van der Waals surface area (Å²) < 4.78 is 10.6. The zero-order valence-electron chi connectivity index (χ0n) is 19.4. The van der Waals surface area contributed by atoms with Crippen LogP contribution < -0.4 is 15.0 Å². The average Bonchev–Trinajstić information content (AvgIpc) is 3.48. The van der Waals surface area contributed by atoms with E-state index in [-0.39, 0.29) is 45.7 Å². The van der Waals surface area contributed by atoms with Crippen LogP contribution in [0.3, 0.4) is 0 Å². The summed E-state index contributed by atoms with van der Waals surface area (Å²) in [6.45, 7) is 1.74. The van der Waals surface area contributed by atoms with Gasteiger partial charge in [-0.2, -0.15) is 0 Å². The van der Waals surface area contributed by atoms with E-state index in [1.54, 1.807) is 36.4 Å². The summed E-state index contributed by atoms with van der Waals surface area (Å²) in [5, 5.41) is 1.96. The number of hydrogen-bond donors (Lipinski definition) is 1. The number of halogens is 2. The number of ether oxygens (including phenoxy) is 2. The first-order valence-corrected chi connectivity index (χ1v) is 12.6. The molecule has 6 atom stereocenters. The molecule has 2 bridgehead atoms. The molecular formula is C26H24Cl2N2O6. The number of anilines is 2. The standard InChI is InChI=1S/C26H24Cl2N2O6/c1-2-35-18-9-4-3-8-17(18)29-19(31)12-36-26(34)13-6-5-7-14(10-13)30-24(32)20-15-11-16(21(20)25(30)33)23(28)22(15)27/h3-10,15-16,20-23H,2,11-12H2,1H3,(H,29,31)/t15-,16-,20-,21-,22-,23+/m1/s1. The van der Waals surface area contributed by atoms with Crippen molar-refractivity contribution in [3.8, 4) is 5.75 Å². The molecule has 1 N–H and O–H groups in total. The highest BCUT2D eigenvalue weighted by molar-refractivity contribution is 6.32. The van der Waals surface area contributed by atoms with Crippen molar-refractivity contribution in [1.82, 2.24) is 0 Å². The smallest absolute Gasteiger partial charge is 0.338 e. The Morgan fingerprint density at radius 1 is 1.00 bits per heavy atom. The highest BCUT2D eigenvalue weighted by Gasteiger charge is 2.66. The Morgan fingerprint density at radius 2 is 1.67 bits per heavy atom. The lowest BCUT2D eigenvalue weighted by molar-refractivity contribution is -0.123. The molecule has 0 aromatic heterocycles. The molecule has 2 aliphatic carbocycles. The number of hydrogen-bond acceptors (Lipinski definition) is 6. The molecule has 10 heteroatoms. The lowest BCUT2D eigenvalue weighted by atomic mass is 9.80. The fourth-order valence-corrected chi connectivity index (χ4v) is 6.52. The van der Waals surface area contributed by atoms with Gasteiger partial charge in [0.1, 0.15) is 5.75 Å². The fourth-order valence-electron chi connectivity index (χ4n) is 5.63. The summed E-state index contributed by atoms with van der Waals surface area (Å²) in [5.74, 6) is -2.66. The third kappa shape index (κ3) is 4.12. The number of amides is 3. The third-order valence-corrected chi connectivity index (χ3v) is 8.44. The number of benzene rings is 2. The van der Waals surface area contributed by atoms with Crippen LogP contribution in [0, 0.1) is 23.7 Å². The van der Waals surface area contributed by atoms with E-state index in [0.717, 1.165) is 4.90 Å². The van der Waals surface area contributed by atoms with Crippen molar-refractivity contribution in [3.63, 3.8) is 0 Å². The van der Waals surface area contributed by atoms with E-state index in [4.69, 9.17) is 32.7 Å². The number of rotatable bonds is 7. The van der Waals surface area contributed by atoms with Crippen LogP contribution in [-0.2, 0) is 19.1 Å². The molecule has 1 saturated heterocycles. The largest absolute Gasteiger partial charge is 0.492 e. The van der Waals surface area contributed by atoms with E-state index in [1.165, 1.54) is 12.1 Å². The predicted molar refractivity (Wildman–Crippen MR) is 133 cm³/mol. The first-order valence-electron chi connectivity index (χ1n) is 11.8. The Balaban J connectivity index is 1.25. The minimum absolute atomic E-state index is 0.112. The van der Waals surface area contributed by atoms with E-state index in [0.29, 0.717) is 24.5 Å². The lowest BCUT2D eigenvalue weighted by Crippen LogP contribution is -2.37. The van der Waals surface area contributed by atoms with E-state index < -0.39 is 30.3 Å². The molecule has 36 heavy (non-hydrogen) atoms. The van der Waals surface area contributed by atoms with Gasteiger partial charge < -0.3 is 14.8 Å². The molecule has 0 radical (unpaired) electrons. The molecule has 1 aliphatic heterocycles. The van der Waals surface area contributed by atoms with Crippen LogP contribution in [0.25, 0.3) is 0 Å². The van der Waals surface area contributed by atoms with Gasteiger partial charge in [-0.25, -0.2) is 4.79 Å². The molecule has 5 rings (SSSR count). The van der Waals surface area contributed by atoms with Gasteiger partial charge in [-0.1, -0.05) is 18.2 Å². The molecule has 0 spiro atoms. The highest BCUT2D eigenvalue weighted by atomic mass is 35.5. The molecule has 1 heterocycles. The molecule has 8 nitrogen and oxygen atoms in total. The summed E-state index contributed by atoms with van der Waals surface area (Å²) in [7, 11) is 0. The molecule has 188 valence electrons. The average molecular weight is 531 g/mol. The first-order chi connectivity index (χ1) is 17.3. The number of fused-ring (bicyclic) bond motifs is 5. The number of imide groups is 1. The topological polar surface area (TPSA) is 102 Å². The molecule has 3 fully saturated rings. The second kappa shape index (κ2) is 9.75. The zero-order valence-corrected chi connectivity index (χ0v) is 20.9. The normalized spacial score (nSPS) is 28.2. The summed E-state index contributed by atoms with van der Waals surface area (Å²) in [4.78, 5) is 52.5. The van der Waals surface area contributed by atoms with Crippen molar-refractivity contribution in [3.05, 3.63) is 54.1 Å².